The Morgan fingerprint density at radius 2 is 1.82 bits per heavy atom. The molecule has 0 bridgehead atoms. The zero-order chi connectivity index (χ0) is 16.7. The van der Waals surface area contributed by atoms with Crippen molar-refractivity contribution in [1.82, 2.24) is 10.2 Å². The number of likely N-dealkylation sites (tertiary alicyclic amines) is 1. The minimum absolute atomic E-state index is 0.0951. The lowest BCUT2D eigenvalue weighted by molar-refractivity contribution is -0.141. The molecule has 1 heterocycles. The third-order valence-electron chi connectivity index (χ3n) is 3.18. The molecule has 0 aliphatic carbocycles. The van der Waals surface area contributed by atoms with Gasteiger partial charge in [0, 0.05) is 31.0 Å². The zero-order valence-electron chi connectivity index (χ0n) is 11.8. The number of carboxylic acid groups (broad SMARTS) is 1. The van der Waals surface area contributed by atoms with Crippen molar-refractivity contribution in [1.29, 1.82) is 0 Å². The molecule has 1 saturated heterocycles. The van der Waals surface area contributed by atoms with Crippen LogP contribution in [0.3, 0.4) is 0 Å². The molecule has 1 fully saturated rings. The number of alkyl halides is 1. The molecule has 120 valence electrons. The molecule has 1 aromatic rings. The van der Waals surface area contributed by atoms with E-state index in [2.05, 4.69) is 16.9 Å². The number of amides is 2. The van der Waals surface area contributed by atoms with E-state index in [1.165, 1.54) is 6.38 Å². The second-order valence-corrected chi connectivity index (χ2v) is 4.85. The number of hydrogen-bond acceptors (Lipinski definition) is 3. The smallest absolute Gasteiger partial charge is 0.326 e. The van der Waals surface area contributed by atoms with E-state index in [0.29, 0.717) is 5.56 Å². The highest BCUT2D eigenvalue weighted by molar-refractivity contribution is 6.63. The first-order valence-electron chi connectivity index (χ1n) is 6.41. The van der Waals surface area contributed by atoms with Crippen LogP contribution in [-0.4, -0.2) is 52.3 Å². The number of aliphatic carboxylic acids is 1. The topological polar surface area (TPSA) is 86.7 Å². The molecule has 1 aromatic carbocycles. The van der Waals surface area contributed by atoms with E-state index in [1.807, 2.05) is 0 Å². The lowest BCUT2D eigenvalue weighted by Gasteiger charge is -2.17. The predicted molar refractivity (Wildman–Crippen MR) is 83.5 cm³/mol. The van der Waals surface area contributed by atoms with Crippen molar-refractivity contribution in [3.63, 3.8) is 0 Å². The fraction of sp³-hybridized carbons (Fsp3) is 0.357. The Bertz CT molecular complexity index is 517. The molecule has 6 nitrogen and oxygen atoms in total. The van der Waals surface area contributed by atoms with Crippen LogP contribution in [0.1, 0.15) is 16.8 Å². The Balaban J connectivity index is 0.00000116. The van der Waals surface area contributed by atoms with Gasteiger partial charge in [0.05, 0.1) is 0 Å². The van der Waals surface area contributed by atoms with E-state index < -0.39 is 23.4 Å². The van der Waals surface area contributed by atoms with E-state index in [-0.39, 0.29) is 18.9 Å². The van der Waals surface area contributed by atoms with Crippen molar-refractivity contribution in [3.8, 4) is 0 Å². The van der Waals surface area contributed by atoms with E-state index in [1.54, 1.807) is 30.3 Å². The second-order valence-electron chi connectivity index (χ2n) is 4.53. The van der Waals surface area contributed by atoms with Gasteiger partial charge in [-0.25, -0.2) is 4.79 Å². The summed E-state index contributed by atoms with van der Waals surface area (Å²) < 4.78 is 0. The number of rotatable bonds is 3. The maximum Gasteiger partial charge on any atom is 0.326 e. The van der Waals surface area contributed by atoms with Gasteiger partial charge >= 0.3 is 11.3 Å². The van der Waals surface area contributed by atoms with Crippen LogP contribution >= 0.6 is 23.2 Å². The van der Waals surface area contributed by atoms with Crippen LogP contribution in [0.15, 0.2) is 30.3 Å². The largest absolute Gasteiger partial charge is 0.480 e. The summed E-state index contributed by atoms with van der Waals surface area (Å²) in [6.07, 6.45) is 1.62. The average molecular weight is 347 g/mol. The van der Waals surface area contributed by atoms with Crippen LogP contribution in [0, 0.1) is 0 Å². The van der Waals surface area contributed by atoms with Gasteiger partial charge in [0.25, 0.3) is 5.91 Å². The number of carbonyl (C=O) groups is 3. The van der Waals surface area contributed by atoms with Gasteiger partial charge in [0.2, 0.25) is 0 Å². The Labute approximate surface area is 138 Å². The highest BCUT2D eigenvalue weighted by Gasteiger charge is 2.39. The van der Waals surface area contributed by atoms with Gasteiger partial charge in [0.15, 0.2) is 0 Å². The Kier molecular flexibility index (Phi) is 7.14. The Morgan fingerprint density at radius 1 is 1.23 bits per heavy atom. The van der Waals surface area contributed by atoms with Gasteiger partial charge in [-0.2, -0.15) is 0 Å². The number of halogens is 2. The number of carbonyl (C=O) groups excluding carboxylic acids is 2. The molecule has 2 N–H and O–H groups in total. The number of carboxylic acids is 1. The average Bonchev–Trinajstić information content (AvgIpc) is 2.94. The maximum atomic E-state index is 12.0. The van der Waals surface area contributed by atoms with Gasteiger partial charge < -0.3 is 15.3 Å². The molecule has 0 aromatic heterocycles. The van der Waals surface area contributed by atoms with Crippen LogP contribution in [0.25, 0.3) is 0 Å². The molecule has 2 amide bonds. The molecule has 22 heavy (non-hydrogen) atoms. The van der Waals surface area contributed by atoms with Crippen molar-refractivity contribution >= 4 is 40.4 Å². The summed E-state index contributed by atoms with van der Waals surface area (Å²) in [5.74, 6) is -1.43. The van der Waals surface area contributed by atoms with Gasteiger partial charge in [-0.05, 0) is 23.7 Å². The van der Waals surface area contributed by atoms with E-state index >= 15 is 0 Å². The summed E-state index contributed by atoms with van der Waals surface area (Å²) in [6, 6.07) is 7.15. The summed E-state index contributed by atoms with van der Waals surface area (Å²) in [4.78, 5) is 35.2. The molecule has 0 spiro atoms. The van der Waals surface area contributed by atoms with E-state index in [9.17, 15) is 14.4 Å². The van der Waals surface area contributed by atoms with Crippen molar-refractivity contribution in [2.45, 2.75) is 18.5 Å². The first kappa shape index (κ1) is 18.3. The minimum Gasteiger partial charge on any atom is -0.480 e. The molecular formula is C14H16Cl2N2O4. The van der Waals surface area contributed by atoms with Gasteiger partial charge in [-0.15, -0.1) is 11.6 Å². The standard InChI is InChI=1S/C13H13ClN2O4.CH3Cl/c14-13(20)16-7-9(6-10(16)12(18)19)15-11(17)8-4-2-1-3-5-8;1-2/h1-5,9-10H,6-7H2,(H,15,17)(H,18,19);1H3/t9-,10+;/m0./s1. The monoisotopic (exact) mass is 346 g/mol. The van der Waals surface area contributed by atoms with Crippen molar-refractivity contribution < 1.29 is 19.5 Å². The van der Waals surface area contributed by atoms with Crippen LogP contribution in [-0.2, 0) is 4.79 Å². The van der Waals surface area contributed by atoms with Crippen LogP contribution in [0.5, 0.6) is 0 Å². The Morgan fingerprint density at radius 3 is 2.27 bits per heavy atom. The summed E-state index contributed by atoms with van der Waals surface area (Å²) in [7, 11) is 0. The second kappa shape index (κ2) is 8.60. The van der Waals surface area contributed by atoms with Crippen molar-refractivity contribution in [3.05, 3.63) is 35.9 Å². The molecule has 0 unspecified atom stereocenters. The van der Waals surface area contributed by atoms with Gasteiger partial charge in [-0.3, -0.25) is 9.59 Å². The van der Waals surface area contributed by atoms with Gasteiger partial charge in [0.1, 0.15) is 6.04 Å². The molecule has 2 rings (SSSR count). The predicted octanol–water partition coefficient (Wildman–Crippen LogP) is 2.16. The fourth-order valence-electron chi connectivity index (χ4n) is 2.23. The highest BCUT2D eigenvalue weighted by Crippen LogP contribution is 2.20. The number of hydrogen-bond donors (Lipinski definition) is 2. The van der Waals surface area contributed by atoms with E-state index in [0.717, 1.165) is 4.90 Å². The third-order valence-corrected chi connectivity index (χ3v) is 3.40. The number of nitrogens with one attached hydrogen (secondary N) is 1. The minimum atomic E-state index is -1.13. The zero-order valence-corrected chi connectivity index (χ0v) is 13.3. The number of nitrogens with zero attached hydrogens (tertiary/aromatic N) is 1. The SMILES string of the molecule is CCl.O=C(N[C@H]1C[C@H](C(=O)O)N(C(=O)Cl)C1)c1ccccc1. The molecule has 1 aliphatic rings. The first-order valence-corrected chi connectivity index (χ1v) is 7.55. The van der Waals surface area contributed by atoms with Crippen LogP contribution < -0.4 is 5.32 Å². The van der Waals surface area contributed by atoms with Crippen molar-refractivity contribution in [2.75, 3.05) is 12.9 Å². The summed E-state index contributed by atoms with van der Waals surface area (Å²) in [5.41, 5.74) is 0.482. The van der Waals surface area contributed by atoms with Crippen molar-refractivity contribution in [2.24, 2.45) is 0 Å². The quantitative estimate of drug-likeness (QED) is 0.498. The lowest BCUT2D eigenvalue weighted by atomic mass is 10.1. The van der Waals surface area contributed by atoms with Crippen LogP contribution in [0.2, 0.25) is 0 Å². The molecular weight excluding hydrogens is 331 g/mol. The normalized spacial score (nSPS) is 19.9. The van der Waals surface area contributed by atoms with E-state index in [4.69, 9.17) is 16.7 Å². The fourth-order valence-corrected chi connectivity index (χ4v) is 2.41. The summed E-state index contributed by atoms with van der Waals surface area (Å²) >= 11 is 9.99. The lowest BCUT2D eigenvalue weighted by Crippen LogP contribution is -2.39. The molecule has 2 atom stereocenters. The third kappa shape index (κ3) is 4.61. The van der Waals surface area contributed by atoms with Gasteiger partial charge in [-0.1, -0.05) is 18.2 Å². The first-order chi connectivity index (χ1) is 10.5. The summed E-state index contributed by atoms with van der Waals surface area (Å²) in [6.45, 7) is 0.0951. The van der Waals surface area contributed by atoms with Crippen LogP contribution in [0.4, 0.5) is 4.79 Å². The maximum absolute atomic E-state index is 12.0. The Hall–Kier alpha value is -1.79. The summed E-state index contributed by atoms with van der Waals surface area (Å²) in [5, 5.41) is 10.9. The highest BCUT2D eigenvalue weighted by atomic mass is 35.5. The molecule has 0 saturated carbocycles. The molecule has 1 aliphatic heterocycles. The molecule has 8 heteroatoms. The molecule has 0 radical (unpaired) electrons. The number of benzene rings is 1.